The Morgan fingerprint density at radius 1 is 0.886 bits per heavy atom. The summed E-state index contributed by atoms with van der Waals surface area (Å²) in [4.78, 5) is 14.7. The van der Waals surface area contributed by atoms with Crippen LogP contribution in [0.1, 0.15) is 56.2 Å². The highest BCUT2D eigenvalue weighted by atomic mass is 16.6. The van der Waals surface area contributed by atoms with Gasteiger partial charge in [-0.3, -0.25) is 0 Å². The number of amides is 1. The lowest BCUT2D eigenvalue weighted by molar-refractivity contribution is -0.0359. The summed E-state index contributed by atoms with van der Waals surface area (Å²) in [5.74, 6) is 1.16. The van der Waals surface area contributed by atoms with E-state index in [0.717, 1.165) is 40.5 Å². The van der Waals surface area contributed by atoms with Crippen molar-refractivity contribution in [2.24, 2.45) is 0 Å². The molecular weight excluding hydrogens is 554 g/mol. The molecule has 232 valence electrons. The topological polar surface area (TPSA) is 77.5 Å². The Kier molecular flexibility index (Phi) is 10.4. The predicted molar refractivity (Wildman–Crippen MR) is 172 cm³/mol. The molecule has 1 heterocycles. The van der Waals surface area contributed by atoms with Crippen LogP contribution in [0.15, 0.2) is 91.0 Å². The van der Waals surface area contributed by atoms with Crippen LogP contribution in [-0.4, -0.2) is 54.1 Å². The molecule has 0 radical (unpaired) electrons. The van der Waals surface area contributed by atoms with Crippen molar-refractivity contribution >= 4 is 16.9 Å². The molecule has 7 nitrogen and oxygen atoms in total. The molecular formula is C37H43NO6. The Hall–Kier alpha value is -4.07. The lowest BCUT2D eigenvalue weighted by Gasteiger charge is -2.39. The van der Waals surface area contributed by atoms with Crippen molar-refractivity contribution in [3.8, 4) is 11.5 Å². The molecule has 4 aromatic rings. The summed E-state index contributed by atoms with van der Waals surface area (Å²) in [5.41, 5.74) is 2.71. The summed E-state index contributed by atoms with van der Waals surface area (Å²) in [6, 6.07) is 29.8. The first kappa shape index (κ1) is 31.4. The van der Waals surface area contributed by atoms with Crippen molar-refractivity contribution in [2.45, 2.75) is 64.4 Å². The number of piperidine rings is 1. The maximum atomic E-state index is 12.9. The van der Waals surface area contributed by atoms with Crippen LogP contribution in [0.4, 0.5) is 4.79 Å². The predicted octanol–water partition coefficient (Wildman–Crippen LogP) is 7.84. The molecule has 7 heteroatoms. The van der Waals surface area contributed by atoms with E-state index in [9.17, 15) is 9.90 Å². The molecule has 0 aliphatic carbocycles. The van der Waals surface area contributed by atoms with E-state index in [1.54, 1.807) is 11.0 Å². The molecule has 0 saturated carbocycles. The highest BCUT2D eigenvalue weighted by Crippen LogP contribution is 2.33. The van der Waals surface area contributed by atoms with Gasteiger partial charge in [0.2, 0.25) is 0 Å². The lowest BCUT2D eigenvalue weighted by atomic mass is 9.87. The number of rotatable bonds is 11. The van der Waals surface area contributed by atoms with Gasteiger partial charge in [-0.05, 0) is 73.5 Å². The minimum Gasteiger partial charge on any atom is -0.507 e. The first-order chi connectivity index (χ1) is 21.2. The normalized spacial score (nSPS) is 17.0. The second-order valence-electron chi connectivity index (χ2n) is 12.3. The third kappa shape index (κ3) is 8.74. The van der Waals surface area contributed by atoms with Crippen LogP contribution in [0.2, 0.25) is 0 Å². The monoisotopic (exact) mass is 597 g/mol. The van der Waals surface area contributed by atoms with Gasteiger partial charge in [0.05, 0.1) is 39.1 Å². The summed E-state index contributed by atoms with van der Waals surface area (Å²) < 4.78 is 23.9. The van der Waals surface area contributed by atoms with Crippen LogP contribution < -0.4 is 4.74 Å². The van der Waals surface area contributed by atoms with E-state index in [1.807, 2.05) is 81.4 Å². The number of carbonyl (C=O) groups is 1. The van der Waals surface area contributed by atoms with Crippen LogP contribution in [0.3, 0.4) is 0 Å². The lowest BCUT2D eigenvalue weighted by Crippen LogP contribution is -2.48. The molecule has 2 unspecified atom stereocenters. The largest absolute Gasteiger partial charge is 0.507 e. The van der Waals surface area contributed by atoms with Gasteiger partial charge in [0, 0.05) is 24.3 Å². The SMILES string of the molecule is CC(C)(C)OC(=O)N1CCC(c2ccc(OCCCOCc3ccccc3)cc2)C(OCc2ccc3cccc(O)c3c2)C1. The van der Waals surface area contributed by atoms with E-state index in [0.29, 0.717) is 39.5 Å². The van der Waals surface area contributed by atoms with Crippen molar-refractivity contribution in [2.75, 3.05) is 26.3 Å². The molecule has 1 amide bonds. The second kappa shape index (κ2) is 14.6. The number of phenolic OH excluding ortho intramolecular Hbond substituents is 1. The van der Waals surface area contributed by atoms with Gasteiger partial charge in [0.25, 0.3) is 0 Å². The molecule has 0 aromatic heterocycles. The van der Waals surface area contributed by atoms with Gasteiger partial charge >= 0.3 is 6.09 Å². The number of ether oxygens (including phenoxy) is 4. The average Bonchev–Trinajstić information content (AvgIpc) is 3.02. The number of aromatic hydroxyl groups is 1. The number of fused-ring (bicyclic) bond motifs is 1. The van der Waals surface area contributed by atoms with Gasteiger partial charge in [-0.2, -0.15) is 0 Å². The average molecular weight is 598 g/mol. The summed E-state index contributed by atoms with van der Waals surface area (Å²) >= 11 is 0. The third-order valence-electron chi connectivity index (χ3n) is 7.72. The first-order valence-corrected chi connectivity index (χ1v) is 15.4. The van der Waals surface area contributed by atoms with Gasteiger partial charge in [0.15, 0.2) is 0 Å². The number of hydrogen-bond donors (Lipinski definition) is 1. The molecule has 0 spiro atoms. The van der Waals surface area contributed by atoms with Gasteiger partial charge < -0.3 is 29.0 Å². The third-order valence-corrected chi connectivity index (χ3v) is 7.72. The molecule has 1 saturated heterocycles. The van der Waals surface area contributed by atoms with Crippen molar-refractivity contribution in [1.82, 2.24) is 4.90 Å². The van der Waals surface area contributed by atoms with Gasteiger partial charge in [-0.25, -0.2) is 4.79 Å². The number of benzene rings is 4. The summed E-state index contributed by atoms with van der Waals surface area (Å²) in [5, 5.41) is 12.1. The maximum Gasteiger partial charge on any atom is 0.410 e. The number of phenols is 1. The Morgan fingerprint density at radius 3 is 2.45 bits per heavy atom. The van der Waals surface area contributed by atoms with Crippen LogP contribution >= 0.6 is 0 Å². The van der Waals surface area contributed by atoms with E-state index in [2.05, 4.69) is 24.3 Å². The Labute approximate surface area is 260 Å². The van der Waals surface area contributed by atoms with E-state index in [-0.39, 0.29) is 23.9 Å². The van der Waals surface area contributed by atoms with Gasteiger partial charge in [-0.15, -0.1) is 0 Å². The highest BCUT2D eigenvalue weighted by Gasteiger charge is 2.35. The molecule has 4 aromatic carbocycles. The smallest absolute Gasteiger partial charge is 0.410 e. The van der Waals surface area contributed by atoms with Crippen LogP contribution in [0, 0.1) is 0 Å². The Balaban J connectivity index is 1.20. The fourth-order valence-corrected chi connectivity index (χ4v) is 5.48. The van der Waals surface area contributed by atoms with E-state index >= 15 is 0 Å². The molecule has 1 fully saturated rings. The van der Waals surface area contributed by atoms with Crippen LogP contribution in [0.25, 0.3) is 10.8 Å². The summed E-state index contributed by atoms with van der Waals surface area (Å²) in [7, 11) is 0. The molecule has 1 N–H and O–H groups in total. The van der Waals surface area contributed by atoms with E-state index < -0.39 is 5.60 Å². The zero-order valence-corrected chi connectivity index (χ0v) is 25.9. The minimum absolute atomic E-state index is 0.1000. The van der Waals surface area contributed by atoms with Crippen molar-refractivity contribution in [3.05, 3.63) is 108 Å². The van der Waals surface area contributed by atoms with Gasteiger partial charge in [0.1, 0.15) is 17.1 Å². The van der Waals surface area contributed by atoms with Crippen molar-refractivity contribution in [1.29, 1.82) is 0 Å². The second-order valence-corrected chi connectivity index (χ2v) is 12.3. The molecule has 0 bridgehead atoms. The molecule has 1 aliphatic heterocycles. The number of hydrogen-bond acceptors (Lipinski definition) is 6. The summed E-state index contributed by atoms with van der Waals surface area (Å²) in [6.45, 7) is 8.83. The minimum atomic E-state index is -0.568. The first-order valence-electron chi connectivity index (χ1n) is 15.4. The summed E-state index contributed by atoms with van der Waals surface area (Å²) in [6.07, 6.45) is 1.00. The fourth-order valence-electron chi connectivity index (χ4n) is 5.48. The molecule has 5 rings (SSSR count). The maximum absolute atomic E-state index is 12.9. The quantitative estimate of drug-likeness (QED) is 0.178. The highest BCUT2D eigenvalue weighted by molar-refractivity contribution is 5.88. The number of nitrogens with zero attached hydrogens (tertiary/aromatic N) is 1. The Morgan fingerprint density at radius 2 is 1.68 bits per heavy atom. The Bertz CT molecular complexity index is 1500. The standard InChI is InChI=1S/C37H43NO6/c1-37(2,3)44-36(40)38-20-19-32(35(24-38)43-26-28-13-14-29-11-7-12-34(39)33(29)23-28)30-15-17-31(18-16-30)42-22-8-21-41-25-27-9-5-4-6-10-27/h4-7,9-18,23,32,35,39H,8,19-22,24-26H2,1-3H3. The van der Waals surface area contributed by atoms with E-state index in [1.165, 1.54) is 5.56 Å². The van der Waals surface area contributed by atoms with Crippen molar-refractivity contribution < 1.29 is 28.8 Å². The molecule has 2 atom stereocenters. The fraction of sp³-hybridized carbons (Fsp3) is 0.378. The van der Waals surface area contributed by atoms with E-state index in [4.69, 9.17) is 18.9 Å². The number of carbonyl (C=O) groups excluding carboxylic acids is 1. The molecule has 44 heavy (non-hydrogen) atoms. The zero-order chi connectivity index (χ0) is 30.9. The number of likely N-dealkylation sites (tertiary alicyclic amines) is 1. The molecule has 1 aliphatic rings. The van der Waals surface area contributed by atoms with Crippen molar-refractivity contribution in [3.63, 3.8) is 0 Å². The van der Waals surface area contributed by atoms with Crippen LogP contribution in [0.5, 0.6) is 11.5 Å². The van der Waals surface area contributed by atoms with Crippen LogP contribution in [-0.2, 0) is 27.4 Å². The van der Waals surface area contributed by atoms with Gasteiger partial charge in [-0.1, -0.05) is 66.7 Å². The zero-order valence-electron chi connectivity index (χ0n) is 25.9.